The lowest BCUT2D eigenvalue weighted by atomic mass is 10.0. The molecule has 0 bridgehead atoms. The summed E-state index contributed by atoms with van der Waals surface area (Å²) < 4.78 is 10.0. The molecule has 1 atom stereocenters. The van der Waals surface area contributed by atoms with Gasteiger partial charge >= 0.3 is 0 Å². The molecule has 1 unspecified atom stereocenters. The second-order valence-corrected chi connectivity index (χ2v) is 5.60. The molecule has 0 saturated heterocycles. The quantitative estimate of drug-likeness (QED) is 0.806. The number of carbonyl (C=O) groups excluding carboxylic acids is 2. The van der Waals surface area contributed by atoms with E-state index >= 15 is 0 Å². The average molecular weight is 331 g/mol. The number of ether oxygens (including phenoxy) is 1. The Bertz CT molecular complexity index is 666. The molecule has 0 fully saturated rings. The second kappa shape index (κ2) is 8.14. The normalized spacial score (nSPS) is 11.8. The van der Waals surface area contributed by atoms with E-state index in [0.29, 0.717) is 12.4 Å². The fourth-order valence-electron chi connectivity index (χ4n) is 2.09. The van der Waals surface area contributed by atoms with Crippen LogP contribution in [-0.4, -0.2) is 29.9 Å². The zero-order valence-corrected chi connectivity index (χ0v) is 13.9. The van der Waals surface area contributed by atoms with Crippen LogP contribution in [0.1, 0.15) is 30.0 Å². The van der Waals surface area contributed by atoms with Crippen molar-refractivity contribution in [1.29, 1.82) is 0 Å². The summed E-state index contributed by atoms with van der Waals surface area (Å²) in [6.45, 7) is 4.04. The summed E-state index contributed by atoms with van der Waals surface area (Å²) in [7, 11) is 1.54. The molecule has 0 aliphatic rings. The smallest absolute Gasteiger partial charge is 0.287 e. The molecule has 24 heavy (non-hydrogen) atoms. The van der Waals surface area contributed by atoms with Crippen LogP contribution in [0.15, 0.2) is 41.1 Å². The SMILES string of the molecule is COc1ccc(CNC(=O)C(NC(=O)c2ccco2)C(C)C)cn1. The Morgan fingerprint density at radius 3 is 2.62 bits per heavy atom. The van der Waals surface area contributed by atoms with Gasteiger partial charge in [-0.05, 0) is 23.6 Å². The van der Waals surface area contributed by atoms with Gasteiger partial charge in [-0.3, -0.25) is 9.59 Å². The molecule has 2 aromatic rings. The third kappa shape index (κ3) is 4.58. The minimum absolute atomic E-state index is 0.0714. The van der Waals surface area contributed by atoms with Gasteiger partial charge in [0.15, 0.2) is 5.76 Å². The van der Waals surface area contributed by atoms with Gasteiger partial charge in [-0.1, -0.05) is 19.9 Å². The van der Waals surface area contributed by atoms with E-state index in [2.05, 4.69) is 15.6 Å². The van der Waals surface area contributed by atoms with Gasteiger partial charge in [0.1, 0.15) is 6.04 Å². The van der Waals surface area contributed by atoms with E-state index in [0.717, 1.165) is 5.56 Å². The summed E-state index contributed by atoms with van der Waals surface area (Å²) in [4.78, 5) is 28.5. The Morgan fingerprint density at radius 1 is 1.29 bits per heavy atom. The number of methoxy groups -OCH3 is 1. The molecule has 2 aromatic heterocycles. The molecular formula is C17H21N3O4. The van der Waals surface area contributed by atoms with Crippen molar-refractivity contribution in [1.82, 2.24) is 15.6 Å². The summed E-state index contributed by atoms with van der Waals surface area (Å²) in [5, 5.41) is 5.50. The van der Waals surface area contributed by atoms with Crippen LogP contribution in [0.25, 0.3) is 0 Å². The van der Waals surface area contributed by atoms with Crippen molar-refractivity contribution < 1.29 is 18.7 Å². The zero-order chi connectivity index (χ0) is 17.5. The number of nitrogens with zero attached hydrogens (tertiary/aromatic N) is 1. The summed E-state index contributed by atoms with van der Waals surface area (Å²) in [6.07, 6.45) is 3.04. The molecule has 0 aliphatic heterocycles. The van der Waals surface area contributed by atoms with Crippen LogP contribution in [0.3, 0.4) is 0 Å². The molecule has 0 saturated carbocycles. The van der Waals surface area contributed by atoms with Crippen molar-refractivity contribution >= 4 is 11.8 Å². The molecule has 0 aliphatic carbocycles. The summed E-state index contributed by atoms with van der Waals surface area (Å²) in [5.41, 5.74) is 0.837. The number of hydrogen-bond donors (Lipinski definition) is 2. The molecule has 7 heteroatoms. The highest BCUT2D eigenvalue weighted by Crippen LogP contribution is 2.08. The van der Waals surface area contributed by atoms with Gasteiger partial charge in [0.05, 0.1) is 13.4 Å². The molecule has 2 N–H and O–H groups in total. The number of amides is 2. The van der Waals surface area contributed by atoms with Crippen LogP contribution in [0.5, 0.6) is 5.88 Å². The predicted molar refractivity (Wildman–Crippen MR) is 87.4 cm³/mol. The van der Waals surface area contributed by atoms with Crippen molar-refractivity contribution in [2.24, 2.45) is 5.92 Å². The topological polar surface area (TPSA) is 93.5 Å². The summed E-state index contributed by atoms with van der Waals surface area (Å²) >= 11 is 0. The summed E-state index contributed by atoms with van der Waals surface area (Å²) in [6, 6.07) is 6.05. The maximum Gasteiger partial charge on any atom is 0.287 e. The van der Waals surface area contributed by atoms with Gasteiger partial charge in [0, 0.05) is 18.8 Å². The van der Waals surface area contributed by atoms with Crippen LogP contribution in [0.2, 0.25) is 0 Å². The molecular weight excluding hydrogens is 310 g/mol. The number of nitrogens with one attached hydrogen (secondary N) is 2. The largest absolute Gasteiger partial charge is 0.481 e. The highest BCUT2D eigenvalue weighted by atomic mass is 16.5. The third-order valence-corrected chi connectivity index (χ3v) is 3.45. The molecule has 2 heterocycles. The Kier molecular flexibility index (Phi) is 5.95. The first-order valence-electron chi connectivity index (χ1n) is 7.62. The standard InChI is InChI=1S/C17H21N3O4/c1-11(2)15(20-16(21)13-5-4-8-24-13)17(22)19-10-12-6-7-14(23-3)18-9-12/h4-9,11,15H,10H2,1-3H3,(H,19,22)(H,20,21). The second-order valence-electron chi connectivity index (χ2n) is 5.60. The van der Waals surface area contributed by atoms with Gasteiger partial charge < -0.3 is 19.8 Å². The number of rotatable bonds is 7. The maximum absolute atomic E-state index is 12.4. The molecule has 0 radical (unpaired) electrons. The van der Waals surface area contributed by atoms with Crippen molar-refractivity contribution in [2.75, 3.05) is 7.11 Å². The van der Waals surface area contributed by atoms with Gasteiger partial charge in [0.2, 0.25) is 11.8 Å². The van der Waals surface area contributed by atoms with Gasteiger partial charge in [-0.15, -0.1) is 0 Å². The van der Waals surface area contributed by atoms with Crippen molar-refractivity contribution in [3.8, 4) is 5.88 Å². The number of pyridine rings is 1. The monoisotopic (exact) mass is 331 g/mol. The van der Waals surface area contributed by atoms with Gasteiger partial charge in [0.25, 0.3) is 5.91 Å². The fourth-order valence-corrected chi connectivity index (χ4v) is 2.09. The molecule has 0 aromatic carbocycles. The van der Waals surface area contributed by atoms with E-state index in [4.69, 9.17) is 9.15 Å². The van der Waals surface area contributed by atoms with Crippen molar-refractivity contribution in [3.63, 3.8) is 0 Å². The molecule has 7 nitrogen and oxygen atoms in total. The lowest BCUT2D eigenvalue weighted by molar-refractivity contribution is -0.124. The lowest BCUT2D eigenvalue weighted by Gasteiger charge is -2.21. The number of furan rings is 1. The van der Waals surface area contributed by atoms with Crippen LogP contribution >= 0.6 is 0 Å². The highest BCUT2D eigenvalue weighted by molar-refractivity contribution is 5.95. The van der Waals surface area contributed by atoms with E-state index in [1.807, 2.05) is 19.9 Å². The maximum atomic E-state index is 12.4. The predicted octanol–water partition coefficient (Wildman–Crippen LogP) is 1.75. The minimum Gasteiger partial charge on any atom is -0.481 e. The summed E-state index contributed by atoms with van der Waals surface area (Å²) in [5.74, 6) is -0.0674. The van der Waals surface area contributed by atoms with Crippen molar-refractivity contribution in [3.05, 3.63) is 48.0 Å². The lowest BCUT2D eigenvalue weighted by Crippen LogP contribution is -2.49. The van der Waals surface area contributed by atoms with E-state index in [1.54, 1.807) is 31.5 Å². The molecule has 2 rings (SSSR count). The minimum atomic E-state index is -0.659. The first kappa shape index (κ1) is 17.5. The first-order chi connectivity index (χ1) is 11.5. The Labute approximate surface area is 140 Å². The highest BCUT2D eigenvalue weighted by Gasteiger charge is 2.25. The molecule has 0 spiro atoms. The van der Waals surface area contributed by atoms with E-state index in [-0.39, 0.29) is 17.6 Å². The first-order valence-corrected chi connectivity index (χ1v) is 7.62. The average Bonchev–Trinajstić information content (AvgIpc) is 3.12. The van der Waals surface area contributed by atoms with E-state index in [1.165, 1.54) is 6.26 Å². The van der Waals surface area contributed by atoms with Gasteiger partial charge in [-0.2, -0.15) is 0 Å². The number of aromatic nitrogens is 1. The van der Waals surface area contributed by atoms with Crippen molar-refractivity contribution in [2.45, 2.75) is 26.4 Å². The van der Waals surface area contributed by atoms with E-state index in [9.17, 15) is 9.59 Å². The number of hydrogen-bond acceptors (Lipinski definition) is 5. The van der Waals surface area contributed by atoms with Gasteiger partial charge in [-0.25, -0.2) is 4.98 Å². The fraction of sp³-hybridized carbons (Fsp3) is 0.353. The Morgan fingerprint density at radius 2 is 2.08 bits per heavy atom. The Balaban J connectivity index is 1.94. The van der Waals surface area contributed by atoms with Crippen LogP contribution < -0.4 is 15.4 Å². The number of carbonyl (C=O) groups is 2. The molecule has 128 valence electrons. The van der Waals surface area contributed by atoms with Crippen LogP contribution in [-0.2, 0) is 11.3 Å². The van der Waals surface area contributed by atoms with Crippen LogP contribution in [0, 0.1) is 5.92 Å². The zero-order valence-electron chi connectivity index (χ0n) is 13.9. The molecule has 2 amide bonds. The van der Waals surface area contributed by atoms with Crippen LogP contribution in [0.4, 0.5) is 0 Å². The Hall–Kier alpha value is -2.83. The third-order valence-electron chi connectivity index (χ3n) is 3.45. The van der Waals surface area contributed by atoms with E-state index < -0.39 is 11.9 Å².